The first-order valence-corrected chi connectivity index (χ1v) is 10.9. The number of rotatable bonds is 5. The minimum Gasteiger partial charge on any atom is -0.279 e. The summed E-state index contributed by atoms with van der Waals surface area (Å²) in [5, 5.41) is 22.0. The second-order valence-electron chi connectivity index (χ2n) is 7.54. The number of tetrazole rings is 1. The van der Waals surface area contributed by atoms with Gasteiger partial charge in [0, 0.05) is 7.05 Å². The lowest BCUT2D eigenvalue weighted by molar-refractivity contribution is 0.754. The van der Waals surface area contributed by atoms with E-state index in [1.165, 1.54) is 21.9 Å². The van der Waals surface area contributed by atoms with Gasteiger partial charge in [-0.05, 0) is 46.2 Å². The Morgan fingerprint density at radius 2 is 1.77 bits per heavy atom. The quantitative estimate of drug-likeness (QED) is 0.394. The van der Waals surface area contributed by atoms with Crippen molar-refractivity contribution in [1.82, 2.24) is 39.4 Å². The van der Waals surface area contributed by atoms with E-state index in [0.717, 1.165) is 17.0 Å². The van der Waals surface area contributed by atoms with Crippen LogP contribution < -0.4 is 5.56 Å². The molecular weight excluding hydrogens is 412 g/mol. The van der Waals surface area contributed by atoms with Crippen LogP contribution in [0.15, 0.2) is 58.5 Å². The van der Waals surface area contributed by atoms with Crippen molar-refractivity contribution in [2.75, 3.05) is 0 Å². The largest absolute Gasteiger partial charge is 0.279 e. The van der Waals surface area contributed by atoms with Crippen LogP contribution >= 0.6 is 11.8 Å². The van der Waals surface area contributed by atoms with Crippen molar-refractivity contribution in [2.45, 2.75) is 30.7 Å². The van der Waals surface area contributed by atoms with Gasteiger partial charge in [0.15, 0.2) is 0 Å². The SMILES string of the molecule is CC(C)c1ccc(-n2nnnc2SCc2nnc3n(C)c(=O)c4ccccc4n23)cc1. The Morgan fingerprint density at radius 1 is 1.00 bits per heavy atom. The van der Waals surface area contributed by atoms with Crippen molar-refractivity contribution in [3.63, 3.8) is 0 Å². The Balaban J connectivity index is 1.49. The minimum absolute atomic E-state index is 0.0940. The van der Waals surface area contributed by atoms with Gasteiger partial charge in [-0.15, -0.1) is 15.3 Å². The summed E-state index contributed by atoms with van der Waals surface area (Å²) in [6, 6.07) is 15.7. The van der Waals surface area contributed by atoms with E-state index in [1.54, 1.807) is 11.7 Å². The lowest BCUT2D eigenvalue weighted by Crippen LogP contribution is -2.20. The number of benzene rings is 2. The molecule has 156 valence electrons. The summed E-state index contributed by atoms with van der Waals surface area (Å²) >= 11 is 1.47. The fourth-order valence-electron chi connectivity index (χ4n) is 3.55. The number of fused-ring (bicyclic) bond motifs is 3. The van der Waals surface area contributed by atoms with Crippen LogP contribution in [0.5, 0.6) is 0 Å². The molecule has 0 radical (unpaired) electrons. The third kappa shape index (κ3) is 3.28. The molecule has 3 heterocycles. The van der Waals surface area contributed by atoms with Gasteiger partial charge in [0.1, 0.15) is 5.82 Å². The van der Waals surface area contributed by atoms with Crippen LogP contribution in [0.4, 0.5) is 0 Å². The number of nitrogens with zero attached hydrogens (tertiary/aromatic N) is 8. The first kappa shape index (κ1) is 19.4. The Kier molecular flexibility index (Phi) is 4.78. The van der Waals surface area contributed by atoms with Crippen LogP contribution in [-0.2, 0) is 12.8 Å². The Hall–Kier alpha value is -3.53. The fourth-order valence-corrected chi connectivity index (χ4v) is 4.35. The molecule has 0 aliphatic carbocycles. The van der Waals surface area contributed by atoms with Crippen LogP contribution in [-0.4, -0.2) is 39.4 Å². The van der Waals surface area contributed by atoms with Crippen LogP contribution in [0.3, 0.4) is 0 Å². The molecule has 31 heavy (non-hydrogen) atoms. The van der Waals surface area contributed by atoms with Gasteiger partial charge in [-0.1, -0.05) is 49.9 Å². The maximum absolute atomic E-state index is 12.6. The predicted octanol–water partition coefficient (Wildman–Crippen LogP) is 2.97. The van der Waals surface area contributed by atoms with Gasteiger partial charge in [0.2, 0.25) is 10.9 Å². The van der Waals surface area contributed by atoms with Crippen molar-refractivity contribution < 1.29 is 0 Å². The van der Waals surface area contributed by atoms with Crippen LogP contribution in [0, 0.1) is 0 Å². The number of hydrogen-bond acceptors (Lipinski definition) is 7. The lowest BCUT2D eigenvalue weighted by Gasteiger charge is -2.08. The zero-order chi connectivity index (χ0) is 21.5. The molecule has 9 nitrogen and oxygen atoms in total. The number of hydrogen-bond donors (Lipinski definition) is 0. The topological polar surface area (TPSA) is 95.8 Å². The van der Waals surface area contributed by atoms with E-state index < -0.39 is 0 Å². The molecule has 5 aromatic rings. The highest BCUT2D eigenvalue weighted by atomic mass is 32.2. The highest BCUT2D eigenvalue weighted by Gasteiger charge is 2.16. The highest BCUT2D eigenvalue weighted by Crippen LogP contribution is 2.24. The molecule has 3 aromatic heterocycles. The normalized spacial score (nSPS) is 11.7. The van der Waals surface area contributed by atoms with E-state index >= 15 is 0 Å². The van der Waals surface area contributed by atoms with Crippen molar-refractivity contribution in [2.24, 2.45) is 7.05 Å². The van der Waals surface area contributed by atoms with Gasteiger partial charge >= 0.3 is 0 Å². The van der Waals surface area contributed by atoms with E-state index in [-0.39, 0.29) is 5.56 Å². The van der Waals surface area contributed by atoms with Crippen LogP contribution in [0.25, 0.3) is 22.4 Å². The predicted molar refractivity (Wildman–Crippen MR) is 119 cm³/mol. The molecule has 0 bridgehead atoms. The molecule has 0 spiro atoms. The molecule has 2 aromatic carbocycles. The third-order valence-electron chi connectivity index (χ3n) is 5.27. The van der Waals surface area contributed by atoms with E-state index in [0.29, 0.717) is 28.0 Å². The molecule has 10 heteroatoms. The fraction of sp³-hybridized carbons (Fsp3) is 0.238. The third-order valence-corrected chi connectivity index (χ3v) is 6.18. The van der Waals surface area contributed by atoms with Crippen LogP contribution in [0.2, 0.25) is 0 Å². The molecule has 0 N–H and O–H groups in total. The summed E-state index contributed by atoms with van der Waals surface area (Å²) in [5.74, 6) is 2.18. The van der Waals surface area contributed by atoms with Gasteiger partial charge in [-0.3, -0.25) is 13.8 Å². The first-order valence-electron chi connectivity index (χ1n) is 9.88. The first-order chi connectivity index (χ1) is 15.0. The average molecular weight is 433 g/mol. The molecule has 0 fully saturated rings. The van der Waals surface area contributed by atoms with E-state index in [2.05, 4.69) is 51.7 Å². The zero-order valence-corrected chi connectivity index (χ0v) is 18.1. The summed E-state index contributed by atoms with van der Waals surface area (Å²) in [6.07, 6.45) is 0. The number of thioether (sulfide) groups is 1. The monoisotopic (exact) mass is 432 g/mol. The summed E-state index contributed by atoms with van der Waals surface area (Å²) in [4.78, 5) is 12.6. The second kappa shape index (κ2) is 7.62. The molecular formula is C21H20N8OS. The number of para-hydroxylation sites is 1. The van der Waals surface area contributed by atoms with Crippen molar-refractivity contribution in [1.29, 1.82) is 0 Å². The van der Waals surface area contributed by atoms with Crippen molar-refractivity contribution in [3.8, 4) is 5.69 Å². The summed E-state index contributed by atoms with van der Waals surface area (Å²) in [6.45, 7) is 4.32. The van der Waals surface area contributed by atoms with E-state index in [9.17, 15) is 4.79 Å². The average Bonchev–Trinajstić information content (AvgIpc) is 3.43. The zero-order valence-electron chi connectivity index (χ0n) is 17.3. The van der Waals surface area contributed by atoms with Crippen molar-refractivity contribution >= 4 is 28.4 Å². The molecule has 0 saturated carbocycles. The lowest BCUT2D eigenvalue weighted by atomic mass is 10.0. The van der Waals surface area contributed by atoms with E-state index in [1.807, 2.05) is 40.8 Å². The van der Waals surface area contributed by atoms with Gasteiger partial charge in [-0.2, -0.15) is 4.68 Å². The van der Waals surface area contributed by atoms with Gasteiger partial charge in [-0.25, -0.2) is 0 Å². The summed E-state index contributed by atoms with van der Waals surface area (Å²) in [5.41, 5.74) is 2.85. The van der Waals surface area contributed by atoms with Crippen molar-refractivity contribution in [3.05, 3.63) is 70.3 Å². The number of aromatic nitrogens is 8. The Morgan fingerprint density at radius 3 is 2.55 bits per heavy atom. The molecule has 0 aliphatic heterocycles. The van der Waals surface area contributed by atoms with Gasteiger partial charge < -0.3 is 0 Å². The minimum atomic E-state index is -0.0940. The molecule has 0 atom stereocenters. The standard InChI is InChI=1S/C21H20N8OS/c1-13(2)14-8-10-15(11-9-14)29-21(24-25-26-29)31-12-18-22-23-20-27(3)19(30)16-6-4-5-7-17(16)28(18)20/h4-11,13H,12H2,1-3H3. The van der Waals surface area contributed by atoms with Crippen LogP contribution in [0.1, 0.15) is 31.2 Å². The maximum Gasteiger partial charge on any atom is 0.262 e. The smallest absolute Gasteiger partial charge is 0.262 e. The molecule has 5 rings (SSSR count). The highest BCUT2D eigenvalue weighted by molar-refractivity contribution is 7.98. The Labute approximate surface area is 181 Å². The second-order valence-corrected chi connectivity index (χ2v) is 8.48. The maximum atomic E-state index is 12.6. The molecule has 0 saturated heterocycles. The molecule has 0 amide bonds. The van der Waals surface area contributed by atoms with Gasteiger partial charge in [0.25, 0.3) is 5.56 Å². The van der Waals surface area contributed by atoms with E-state index in [4.69, 9.17) is 0 Å². The molecule has 0 unspecified atom stereocenters. The number of aryl methyl sites for hydroxylation is 1. The summed E-state index contributed by atoms with van der Waals surface area (Å²) in [7, 11) is 1.71. The summed E-state index contributed by atoms with van der Waals surface area (Å²) < 4.78 is 5.14. The molecule has 0 aliphatic rings. The Bertz CT molecular complexity index is 1450. The van der Waals surface area contributed by atoms with Gasteiger partial charge in [0.05, 0.1) is 22.3 Å².